The van der Waals surface area contributed by atoms with Crippen molar-refractivity contribution in [1.29, 1.82) is 0 Å². The first-order chi connectivity index (χ1) is 5.43. The lowest BCUT2D eigenvalue weighted by molar-refractivity contribution is -0.103. The second-order valence-corrected chi connectivity index (χ2v) is 3.13. The Morgan fingerprint density at radius 2 is 1.92 bits per heavy atom. The van der Waals surface area contributed by atoms with Gasteiger partial charge in [-0.15, -0.1) is 0 Å². The zero-order valence-electron chi connectivity index (χ0n) is 6.56. The lowest BCUT2D eigenvalue weighted by atomic mass is 9.96. The smallest absolute Gasteiger partial charge is 0.393 e. The molecule has 0 aromatic carbocycles. The van der Waals surface area contributed by atoms with Crippen LogP contribution in [0.1, 0.15) is 19.3 Å². The third-order valence-electron chi connectivity index (χ3n) is 2.29. The molecule has 0 saturated heterocycles. The van der Waals surface area contributed by atoms with Gasteiger partial charge in [0.2, 0.25) is 0 Å². The van der Waals surface area contributed by atoms with Crippen LogP contribution < -0.4 is 0 Å². The molecule has 0 aromatic heterocycles. The fraction of sp³-hybridized carbons (Fsp3) is 0.750. The second kappa shape index (κ2) is 3.09. The Hall–Kier alpha value is -0.510. The summed E-state index contributed by atoms with van der Waals surface area (Å²) in [6.45, 7) is 2.97. The van der Waals surface area contributed by atoms with Crippen molar-refractivity contribution in [2.75, 3.05) is 0 Å². The molecule has 12 heavy (non-hydrogen) atoms. The molecular weight excluding hydrogens is 169 g/mol. The molecule has 2 atom stereocenters. The molecule has 1 saturated carbocycles. The molecule has 70 valence electrons. The summed E-state index contributed by atoms with van der Waals surface area (Å²) in [7, 11) is 0. The van der Waals surface area contributed by atoms with Crippen molar-refractivity contribution < 1.29 is 18.3 Å². The summed E-state index contributed by atoms with van der Waals surface area (Å²) in [5, 5.41) is 9.16. The highest BCUT2D eigenvalue weighted by Gasteiger charge is 2.41. The zero-order chi connectivity index (χ0) is 9.35. The van der Waals surface area contributed by atoms with Gasteiger partial charge in [0.1, 0.15) is 0 Å². The summed E-state index contributed by atoms with van der Waals surface area (Å²) in [5.41, 5.74) is -0.785. The van der Waals surface area contributed by atoms with Crippen LogP contribution in [-0.4, -0.2) is 17.4 Å². The summed E-state index contributed by atoms with van der Waals surface area (Å²) >= 11 is 0. The van der Waals surface area contributed by atoms with E-state index in [9.17, 15) is 13.2 Å². The van der Waals surface area contributed by atoms with Gasteiger partial charge in [-0.3, -0.25) is 0 Å². The van der Waals surface area contributed by atoms with E-state index in [4.69, 9.17) is 5.11 Å². The van der Waals surface area contributed by atoms with Crippen molar-refractivity contribution >= 4 is 0 Å². The van der Waals surface area contributed by atoms with Gasteiger partial charge in [0.15, 0.2) is 0 Å². The molecule has 0 amide bonds. The lowest BCUT2D eigenvalue weighted by Crippen LogP contribution is -2.24. The SMILES string of the molecule is C=C(C1CCCC1O)C(F)(F)F. The first kappa shape index (κ1) is 9.58. The molecule has 0 bridgehead atoms. The Morgan fingerprint density at radius 3 is 2.25 bits per heavy atom. The van der Waals surface area contributed by atoms with E-state index in [1.165, 1.54) is 0 Å². The molecule has 1 rings (SSSR count). The molecule has 4 heteroatoms. The van der Waals surface area contributed by atoms with Crippen LogP contribution in [0.4, 0.5) is 13.2 Å². The van der Waals surface area contributed by atoms with Gasteiger partial charge in [-0.25, -0.2) is 0 Å². The van der Waals surface area contributed by atoms with Crippen molar-refractivity contribution in [2.45, 2.75) is 31.5 Å². The normalized spacial score (nSPS) is 30.7. The van der Waals surface area contributed by atoms with Gasteiger partial charge in [0, 0.05) is 11.5 Å². The van der Waals surface area contributed by atoms with E-state index in [1.54, 1.807) is 0 Å². The average Bonchev–Trinajstić information content (AvgIpc) is 2.31. The Labute approximate surface area is 68.9 Å². The molecule has 1 nitrogen and oxygen atoms in total. The van der Waals surface area contributed by atoms with E-state index in [1.807, 2.05) is 0 Å². The number of hydrogen-bond donors (Lipinski definition) is 1. The van der Waals surface area contributed by atoms with Gasteiger partial charge < -0.3 is 5.11 Å². The molecule has 0 radical (unpaired) electrons. The number of aliphatic hydroxyl groups is 1. The van der Waals surface area contributed by atoms with Gasteiger partial charge >= 0.3 is 6.18 Å². The first-order valence-electron chi connectivity index (χ1n) is 3.87. The van der Waals surface area contributed by atoms with Gasteiger partial charge in [-0.1, -0.05) is 13.0 Å². The molecule has 0 spiro atoms. The van der Waals surface area contributed by atoms with E-state index in [0.29, 0.717) is 19.3 Å². The van der Waals surface area contributed by atoms with Gasteiger partial charge in [-0.05, 0) is 12.8 Å². The third kappa shape index (κ3) is 1.80. The topological polar surface area (TPSA) is 20.2 Å². The fourth-order valence-corrected chi connectivity index (χ4v) is 1.56. The largest absolute Gasteiger partial charge is 0.412 e. The molecule has 1 N–H and O–H groups in total. The maximum Gasteiger partial charge on any atom is 0.412 e. The van der Waals surface area contributed by atoms with Crippen molar-refractivity contribution in [2.24, 2.45) is 5.92 Å². The van der Waals surface area contributed by atoms with Crippen LogP contribution in [0.2, 0.25) is 0 Å². The van der Waals surface area contributed by atoms with Crippen LogP contribution in [0.15, 0.2) is 12.2 Å². The first-order valence-corrected chi connectivity index (χ1v) is 3.87. The molecule has 1 aliphatic rings. The van der Waals surface area contributed by atoms with Gasteiger partial charge in [0.05, 0.1) is 6.10 Å². The Morgan fingerprint density at radius 1 is 1.33 bits per heavy atom. The average molecular weight is 180 g/mol. The van der Waals surface area contributed by atoms with E-state index < -0.39 is 23.8 Å². The number of rotatable bonds is 1. The fourth-order valence-electron chi connectivity index (χ4n) is 1.56. The second-order valence-electron chi connectivity index (χ2n) is 3.13. The predicted octanol–water partition coefficient (Wildman–Crippen LogP) is 2.27. The Bertz CT molecular complexity index is 185. The highest BCUT2D eigenvalue weighted by Crippen LogP contribution is 2.38. The van der Waals surface area contributed by atoms with Crippen molar-refractivity contribution in [3.63, 3.8) is 0 Å². The molecule has 1 fully saturated rings. The van der Waals surface area contributed by atoms with Crippen LogP contribution in [0.5, 0.6) is 0 Å². The standard InChI is InChI=1S/C8H11F3O/c1-5(8(9,10)11)6-3-2-4-7(6)12/h6-7,12H,1-4H2. The minimum atomic E-state index is -4.35. The molecule has 1 aliphatic carbocycles. The van der Waals surface area contributed by atoms with Crippen LogP contribution in [0.25, 0.3) is 0 Å². The van der Waals surface area contributed by atoms with Crippen molar-refractivity contribution in [1.82, 2.24) is 0 Å². The van der Waals surface area contributed by atoms with Gasteiger partial charge in [0.25, 0.3) is 0 Å². The highest BCUT2D eigenvalue weighted by atomic mass is 19.4. The maximum absolute atomic E-state index is 12.1. The zero-order valence-corrected chi connectivity index (χ0v) is 6.56. The Balaban J connectivity index is 2.64. The monoisotopic (exact) mass is 180 g/mol. The summed E-state index contributed by atoms with van der Waals surface area (Å²) in [6, 6.07) is 0. The summed E-state index contributed by atoms with van der Waals surface area (Å²) < 4.78 is 36.2. The van der Waals surface area contributed by atoms with Crippen LogP contribution in [0.3, 0.4) is 0 Å². The molecule has 2 unspecified atom stereocenters. The number of hydrogen-bond acceptors (Lipinski definition) is 1. The van der Waals surface area contributed by atoms with Crippen molar-refractivity contribution in [3.8, 4) is 0 Å². The Kier molecular flexibility index (Phi) is 2.46. The van der Waals surface area contributed by atoms with E-state index in [0.717, 1.165) is 0 Å². The molecule has 0 aliphatic heterocycles. The van der Waals surface area contributed by atoms with Crippen LogP contribution >= 0.6 is 0 Å². The van der Waals surface area contributed by atoms with E-state index in [2.05, 4.69) is 6.58 Å². The minimum Gasteiger partial charge on any atom is -0.393 e. The van der Waals surface area contributed by atoms with Gasteiger partial charge in [-0.2, -0.15) is 13.2 Å². The van der Waals surface area contributed by atoms with E-state index in [-0.39, 0.29) is 0 Å². The summed E-state index contributed by atoms with van der Waals surface area (Å²) in [4.78, 5) is 0. The van der Waals surface area contributed by atoms with Crippen molar-refractivity contribution in [3.05, 3.63) is 12.2 Å². The predicted molar refractivity (Wildman–Crippen MR) is 38.5 cm³/mol. The molecular formula is C8H11F3O. The molecule has 0 aromatic rings. The third-order valence-corrected chi connectivity index (χ3v) is 2.29. The number of aliphatic hydroxyl groups excluding tert-OH is 1. The summed E-state index contributed by atoms with van der Waals surface area (Å²) in [5.74, 6) is -0.773. The maximum atomic E-state index is 12.1. The quantitative estimate of drug-likeness (QED) is 0.613. The number of halogens is 3. The number of alkyl halides is 3. The van der Waals surface area contributed by atoms with Crippen LogP contribution in [-0.2, 0) is 0 Å². The summed E-state index contributed by atoms with van der Waals surface area (Å²) in [6.07, 6.45) is -3.69. The highest BCUT2D eigenvalue weighted by molar-refractivity contribution is 5.11. The lowest BCUT2D eigenvalue weighted by Gasteiger charge is -2.19. The van der Waals surface area contributed by atoms with E-state index >= 15 is 0 Å². The molecule has 0 heterocycles. The van der Waals surface area contributed by atoms with Crippen LogP contribution in [0, 0.1) is 5.92 Å². The minimum absolute atomic E-state index is 0.402.